The largest absolute Gasteiger partial charge is 0.383 e. The summed E-state index contributed by atoms with van der Waals surface area (Å²) >= 11 is 2.98. The highest BCUT2D eigenvalue weighted by Gasteiger charge is 2.36. The van der Waals surface area contributed by atoms with Crippen molar-refractivity contribution in [2.45, 2.75) is 70.1 Å². The molecule has 0 aromatic carbocycles. The summed E-state index contributed by atoms with van der Waals surface area (Å²) in [6.45, 7) is 6.26. The number of thioether (sulfide) groups is 1. The number of aryl methyl sites for hydroxylation is 1. The van der Waals surface area contributed by atoms with Crippen molar-refractivity contribution in [1.29, 1.82) is 0 Å². The lowest BCUT2D eigenvalue weighted by Gasteiger charge is -2.33. The summed E-state index contributed by atoms with van der Waals surface area (Å²) in [6.07, 6.45) is 4.53. The lowest BCUT2D eigenvalue weighted by atomic mass is 9.89. The van der Waals surface area contributed by atoms with Crippen LogP contribution in [0, 0.1) is 5.92 Å². The number of fused-ring (bicyclic) bond motifs is 3. The number of nitrogens with two attached hydrogens (primary N) is 1. The predicted molar refractivity (Wildman–Crippen MR) is 127 cm³/mol. The smallest absolute Gasteiger partial charge is 0.233 e. The first-order chi connectivity index (χ1) is 14.7. The number of rotatable bonds is 6. The molecule has 1 aliphatic heterocycles. The molecule has 1 amide bonds. The molecule has 4 rings (SSSR count). The van der Waals surface area contributed by atoms with Gasteiger partial charge >= 0.3 is 0 Å². The third kappa shape index (κ3) is 4.71. The van der Waals surface area contributed by atoms with Crippen LogP contribution in [0.5, 0.6) is 0 Å². The highest BCUT2D eigenvalue weighted by Crippen LogP contribution is 2.40. The monoisotopic (exact) mass is 482 g/mol. The van der Waals surface area contributed by atoms with Gasteiger partial charge in [0.05, 0.1) is 22.6 Å². The number of carbonyl (C=O) groups excluding carboxylic acids is 1. The standard InChI is InChI=1S/C21H30N4O3S3/c1-4-13(3)25(14-7-8-31(27,28)11-14)17(26)10-29-21-23-19(22)18-15-6-5-12(2)9-16(15)30-20(18)24-21/h12-14H,4-11H2,1-3H3,(H2,22,23,24). The van der Waals surface area contributed by atoms with Gasteiger partial charge in [-0.05, 0) is 50.5 Å². The summed E-state index contributed by atoms with van der Waals surface area (Å²) in [6, 6.07) is -0.251. The molecule has 31 heavy (non-hydrogen) atoms. The van der Waals surface area contributed by atoms with Crippen LogP contribution in [-0.2, 0) is 27.5 Å². The van der Waals surface area contributed by atoms with Crippen LogP contribution in [-0.4, -0.2) is 58.5 Å². The molecule has 2 aromatic heterocycles. The maximum absolute atomic E-state index is 13.1. The maximum atomic E-state index is 13.1. The molecule has 0 spiro atoms. The zero-order chi connectivity index (χ0) is 22.3. The molecule has 2 aromatic rings. The van der Waals surface area contributed by atoms with Crippen molar-refractivity contribution >= 4 is 54.9 Å². The first-order valence-electron chi connectivity index (χ1n) is 10.9. The van der Waals surface area contributed by atoms with E-state index in [0.717, 1.165) is 35.9 Å². The van der Waals surface area contributed by atoms with E-state index in [-0.39, 0.29) is 35.2 Å². The zero-order valence-corrected chi connectivity index (χ0v) is 20.7. The van der Waals surface area contributed by atoms with Crippen LogP contribution in [0.1, 0.15) is 50.5 Å². The van der Waals surface area contributed by atoms with Crippen LogP contribution in [0.15, 0.2) is 5.16 Å². The van der Waals surface area contributed by atoms with Gasteiger partial charge in [-0.15, -0.1) is 11.3 Å². The fourth-order valence-electron chi connectivity index (χ4n) is 4.62. The van der Waals surface area contributed by atoms with Crippen LogP contribution < -0.4 is 5.73 Å². The van der Waals surface area contributed by atoms with Gasteiger partial charge in [0.15, 0.2) is 15.0 Å². The molecule has 1 fully saturated rings. The van der Waals surface area contributed by atoms with E-state index in [1.54, 1.807) is 16.2 Å². The molecule has 3 heterocycles. The molecular weight excluding hydrogens is 452 g/mol. The Morgan fingerprint density at radius 1 is 1.35 bits per heavy atom. The highest BCUT2D eigenvalue weighted by atomic mass is 32.2. The molecule has 0 saturated carbocycles. The predicted octanol–water partition coefficient (Wildman–Crippen LogP) is 3.30. The van der Waals surface area contributed by atoms with Crippen LogP contribution in [0.3, 0.4) is 0 Å². The van der Waals surface area contributed by atoms with Gasteiger partial charge < -0.3 is 10.6 Å². The fraction of sp³-hybridized carbons (Fsp3) is 0.667. The minimum Gasteiger partial charge on any atom is -0.383 e. The molecule has 10 heteroatoms. The van der Waals surface area contributed by atoms with Crippen molar-refractivity contribution in [3.63, 3.8) is 0 Å². The lowest BCUT2D eigenvalue weighted by Crippen LogP contribution is -2.47. The Labute approximate surface area is 192 Å². The van der Waals surface area contributed by atoms with Crippen LogP contribution in [0.25, 0.3) is 10.2 Å². The van der Waals surface area contributed by atoms with E-state index in [1.807, 2.05) is 13.8 Å². The second-order valence-electron chi connectivity index (χ2n) is 8.83. The Hall–Kier alpha value is -1.39. The number of hydrogen-bond donors (Lipinski definition) is 1. The average Bonchev–Trinajstić information content (AvgIpc) is 3.25. The van der Waals surface area contributed by atoms with Crippen molar-refractivity contribution in [3.05, 3.63) is 10.4 Å². The molecule has 3 unspecified atom stereocenters. The summed E-state index contributed by atoms with van der Waals surface area (Å²) in [5.41, 5.74) is 7.61. The minimum atomic E-state index is -3.06. The van der Waals surface area contributed by atoms with E-state index < -0.39 is 9.84 Å². The zero-order valence-electron chi connectivity index (χ0n) is 18.3. The molecule has 170 valence electrons. The molecule has 2 aliphatic rings. The molecule has 1 saturated heterocycles. The first kappa shape index (κ1) is 22.8. The fourth-order valence-corrected chi connectivity index (χ4v) is 8.50. The van der Waals surface area contributed by atoms with Crippen molar-refractivity contribution in [2.24, 2.45) is 5.92 Å². The topological polar surface area (TPSA) is 106 Å². The van der Waals surface area contributed by atoms with Gasteiger partial charge in [-0.3, -0.25) is 4.79 Å². The van der Waals surface area contributed by atoms with Crippen molar-refractivity contribution in [2.75, 3.05) is 23.0 Å². The normalized spacial score (nSPS) is 23.6. The second kappa shape index (κ2) is 8.86. The van der Waals surface area contributed by atoms with Gasteiger partial charge in [0.2, 0.25) is 5.91 Å². The Balaban J connectivity index is 1.51. The van der Waals surface area contributed by atoms with Crippen molar-refractivity contribution in [1.82, 2.24) is 14.9 Å². The van der Waals surface area contributed by atoms with Gasteiger partial charge in [0, 0.05) is 17.0 Å². The number of carbonyl (C=O) groups is 1. The summed E-state index contributed by atoms with van der Waals surface area (Å²) in [7, 11) is -3.06. The van der Waals surface area contributed by atoms with Gasteiger partial charge in [-0.25, -0.2) is 18.4 Å². The third-order valence-electron chi connectivity index (χ3n) is 6.44. The van der Waals surface area contributed by atoms with E-state index >= 15 is 0 Å². The molecule has 3 atom stereocenters. The van der Waals surface area contributed by atoms with E-state index in [0.29, 0.717) is 23.3 Å². The highest BCUT2D eigenvalue weighted by molar-refractivity contribution is 7.99. The van der Waals surface area contributed by atoms with E-state index in [2.05, 4.69) is 11.9 Å². The van der Waals surface area contributed by atoms with Gasteiger partial charge in [-0.1, -0.05) is 25.6 Å². The van der Waals surface area contributed by atoms with E-state index in [1.165, 1.54) is 22.2 Å². The number of hydrogen-bond acceptors (Lipinski definition) is 8. The Bertz CT molecular complexity index is 1100. The quantitative estimate of drug-likeness (QED) is 0.497. The van der Waals surface area contributed by atoms with Crippen LogP contribution in [0.2, 0.25) is 0 Å². The molecule has 1 aliphatic carbocycles. The summed E-state index contributed by atoms with van der Waals surface area (Å²) in [5, 5.41) is 1.49. The Kier molecular flexibility index (Phi) is 6.52. The Morgan fingerprint density at radius 3 is 2.81 bits per heavy atom. The third-order valence-corrected chi connectivity index (χ3v) is 10.2. The number of amides is 1. The first-order valence-corrected chi connectivity index (χ1v) is 14.5. The van der Waals surface area contributed by atoms with Crippen LogP contribution >= 0.6 is 23.1 Å². The molecule has 0 radical (unpaired) electrons. The van der Waals surface area contributed by atoms with Gasteiger partial charge in [0.25, 0.3) is 0 Å². The summed E-state index contributed by atoms with van der Waals surface area (Å²) in [5.74, 6) is 1.49. The van der Waals surface area contributed by atoms with Crippen molar-refractivity contribution in [3.8, 4) is 0 Å². The Morgan fingerprint density at radius 2 is 2.13 bits per heavy atom. The lowest BCUT2D eigenvalue weighted by molar-refractivity contribution is -0.132. The number of sulfone groups is 1. The molecule has 7 nitrogen and oxygen atoms in total. The second-order valence-corrected chi connectivity index (χ2v) is 13.1. The molecule has 2 N–H and O–H groups in total. The van der Waals surface area contributed by atoms with E-state index in [9.17, 15) is 13.2 Å². The van der Waals surface area contributed by atoms with Crippen molar-refractivity contribution < 1.29 is 13.2 Å². The van der Waals surface area contributed by atoms with E-state index in [4.69, 9.17) is 10.7 Å². The molecule has 0 bridgehead atoms. The number of nitrogen functional groups attached to an aromatic ring is 1. The average molecular weight is 483 g/mol. The number of thiophene rings is 1. The molecular formula is C21H30N4O3S3. The minimum absolute atomic E-state index is 0.00845. The maximum Gasteiger partial charge on any atom is 0.233 e. The number of aromatic nitrogens is 2. The number of nitrogens with zero attached hydrogens (tertiary/aromatic N) is 3. The van der Waals surface area contributed by atoms with Gasteiger partial charge in [0.1, 0.15) is 10.6 Å². The van der Waals surface area contributed by atoms with Gasteiger partial charge in [-0.2, -0.15) is 0 Å². The number of anilines is 1. The summed E-state index contributed by atoms with van der Waals surface area (Å²) < 4.78 is 23.9. The summed E-state index contributed by atoms with van der Waals surface area (Å²) in [4.78, 5) is 26.3. The SMILES string of the molecule is CCC(C)N(C(=O)CSc1nc(N)c2c3c(sc2n1)CC(C)CC3)C1CCS(=O)(=O)C1. The van der Waals surface area contributed by atoms with Crippen LogP contribution in [0.4, 0.5) is 5.82 Å².